The summed E-state index contributed by atoms with van der Waals surface area (Å²) in [4.78, 5) is 19.3. The Morgan fingerprint density at radius 3 is 2.64 bits per heavy atom. The summed E-state index contributed by atoms with van der Waals surface area (Å²) in [5, 5.41) is 3.27. The molecule has 22 heavy (non-hydrogen) atoms. The molecule has 1 unspecified atom stereocenters. The van der Waals surface area contributed by atoms with Crippen LogP contribution in [-0.2, 0) is 4.79 Å². The van der Waals surface area contributed by atoms with Gasteiger partial charge in [0.2, 0.25) is 5.91 Å². The molecule has 2 aliphatic rings. The molecule has 1 aromatic rings. The molecule has 1 aromatic heterocycles. The molecule has 0 bridgehead atoms. The summed E-state index contributed by atoms with van der Waals surface area (Å²) >= 11 is 1.72. The Morgan fingerprint density at radius 1 is 1.36 bits per heavy atom. The van der Waals surface area contributed by atoms with E-state index < -0.39 is 5.54 Å². The summed E-state index contributed by atoms with van der Waals surface area (Å²) in [7, 11) is 0. The van der Waals surface area contributed by atoms with Crippen LogP contribution >= 0.6 is 36.2 Å². The highest BCUT2D eigenvalue weighted by Crippen LogP contribution is 2.33. The molecular formula is C15H25Cl2N3OS. The summed E-state index contributed by atoms with van der Waals surface area (Å²) in [5.41, 5.74) is 6.82. The zero-order valence-corrected chi connectivity index (χ0v) is 15.4. The number of aryl methyl sites for hydroxylation is 1. The van der Waals surface area contributed by atoms with Crippen molar-refractivity contribution in [3.8, 4) is 0 Å². The number of rotatable bonds is 2. The summed E-state index contributed by atoms with van der Waals surface area (Å²) in [5.74, 6) is 0.574. The van der Waals surface area contributed by atoms with Gasteiger partial charge in [0.15, 0.2) is 0 Å². The lowest BCUT2D eigenvalue weighted by Crippen LogP contribution is -2.55. The van der Waals surface area contributed by atoms with Crippen LogP contribution in [0.1, 0.15) is 55.1 Å². The Bertz CT molecular complexity index is 503. The van der Waals surface area contributed by atoms with Gasteiger partial charge in [0, 0.05) is 30.1 Å². The fourth-order valence-electron chi connectivity index (χ4n) is 3.46. The molecule has 2 fully saturated rings. The number of nitrogens with two attached hydrogens (primary N) is 1. The maximum Gasteiger partial charge on any atom is 0.242 e. The van der Waals surface area contributed by atoms with Crippen LogP contribution in [-0.4, -0.2) is 34.4 Å². The van der Waals surface area contributed by atoms with E-state index in [0.29, 0.717) is 5.92 Å². The minimum atomic E-state index is -0.583. The SMILES string of the molecule is Cc1csc(C2CCCN(C(=O)C3(N)CCCC3)C2)n1.Cl.Cl. The lowest BCUT2D eigenvalue weighted by atomic mass is 9.93. The number of nitrogens with zero attached hydrogens (tertiary/aromatic N) is 2. The van der Waals surface area contributed by atoms with Crippen LogP contribution in [0.2, 0.25) is 0 Å². The highest BCUT2D eigenvalue weighted by atomic mass is 35.5. The molecule has 3 rings (SSSR count). The predicted octanol–water partition coefficient (Wildman–Crippen LogP) is 3.27. The summed E-state index contributed by atoms with van der Waals surface area (Å²) in [6.45, 7) is 3.68. The first kappa shape index (κ1) is 19.7. The van der Waals surface area contributed by atoms with E-state index in [0.717, 1.165) is 57.3 Å². The number of carbonyl (C=O) groups excluding carboxylic acids is 1. The van der Waals surface area contributed by atoms with Gasteiger partial charge in [0.1, 0.15) is 0 Å². The maximum absolute atomic E-state index is 12.7. The van der Waals surface area contributed by atoms with Crippen molar-refractivity contribution in [3.63, 3.8) is 0 Å². The molecule has 1 amide bonds. The van der Waals surface area contributed by atoms with E-state index in [-0.39, 0.29) is 30.7 Å². The standard InChI is InChI=1S/C15H23N3OS.2ClH/c1-11-10-20-13(17-11)12-5-4-8-18(9-12)14(19)15(16)6-2-3-7-15;;/h10,12H,2-9,16H2,1H3;2*1H. The molecule has 4 nitrogen and oxygen atoms in total. The van der Waals surface area contributed by atoms with Crippen molar-refractivity contribution in [1.82, 2.24) is 9.88 Å². The van der Waals surface area contributed by atoms with E-state index in [1.807, 2.05) is 11.8 Å². The second-order valence-electron chi connectivity index (χ2n) is 6.28. The number of carbonyl (C=O) groups is 1. The summed E-state index contributed by atoms with van der Waals surface area (Å²) in [6, 6.07) is 0. The molecule has 126 valence electrons. The largest absolute Gasteiger partial charge is 0.340 e. The van der Waals surface area contributed by atoms with Crippen LogP contribution in [0.3, 0.4) is 0 Å². The van der Waals surface area contributed by atoms with E-state index in [1.165, 1.54) is 5.01 Å². The quantitative estimate of drug-likeness (QED) is 0.874. The van der Waals surface area contributed by atoms with E-state index in [1.54, 1.807) is 11.3 Å². The van der Waals surface area contributed by atoms with E-state index >= 15 is 0 Å². The Morgan fingerprint density at radius 2 is 2.05 bits per heavy atom. The van der Waals surface area contributed by atoms with Gasteiger partial charge in [-0.3, -0.25) is 4.79 Å². The van der Waals surface area contributed by atoms with Crippen molar-refractivity contribution in [3.05, 3.63) is 16.1 Å². The van der Waals surface area contributed by atoms with Crippen LogP contribution in [0, 0.1) is 6.92 Å². The van der Waals surface area contributed by atoms with E-state index in [4.69, 9.17) is 5.73 Å². The lowest BCUT2D eigenvalue weighted by Gasteiger charge is -2.36. The average Bonchev–Trinajstić information content (AvgIpc) is 3.08. The van der Waals surface area contributed by atoms with Crippen molar-refractivity contribution in [2.24, 2.45) is 5.73 Å². The average molecular weight is 366 g/mol. The molecule has 0 spiro atoms. The van der Waals surface area contributed by atoms with Crippen molar-refractivity contribution in [1.29, 1.82) is 0 Å². The Labute approximate surface area is 148 Å². The highest BCUT2D eigenvalue weighted by molar-refractivity contribution is 7.09. The number of aromatic nitrogens is 1. The van der Waals surface area contributed by atoms with E-state index in [2.05, 4.69) is 10.4 Å². The molecule has 0 radical (unpaired) electrons. The number of thiazole rings is 1. The fraction of sp³-hybridized carbons (Fsp3) is 0.733. The number of piperidine rings is 1. The molecule has 1 saturated heterocycles. The van der Waals surface area contributed by atoms with Crippen molar-refractivity contribution < 1.29 is 4.79 Å². The van der Waals surface area contributed by atoms with Crippen LogP contribution in [0.25, 0.3) is 0 Å². The second kappa shape index (κ2) is 7.95. The van der Waals surface area contributed by atoms with Crippen LogP contribution < -0.4 is 5.73 Å². The van der Waals surface area contributed by atoms with Gasteiger partial charge in [0.05, 0.1) is 10.5 Å². The van der Waals surface area contributed by atoms with Gasteiger partial charge in [-0.25, -0.2) is 4.98 Å². The van der Waals surface area contributed by atoms with Gasteiger partial charge >= 0.3 is 0 Å². The number of halogens is 2. The molecular weight excluding hydrogens is 341 g/mol. The minimum Gasteiger partial charge on any atom is -0.340 e. The van der Waals surface area contributed by atoms with Gasteiger partial charge < -0.3 is 10.6 Å². The third kappa shape index (κ3) is 3.94. The Balaban J connectivity index is 0.00000121. The molecule has 2 N–H and O–H groups in total. The molecule has 2 heterocycles. The van der Waals surface area contributed by atoms with Crippen LogP contribution in [0.5, 0.6) is 0 Å². The Kier molecular flexibility index (Phi) is 7.12. The van der Waals surface area contributed by atoms with Gasteiger partial charge in [-0.05, 0) is 32.6 Å². The number of hydrogen-bond donors (Lipinski definition) is 1. The minimum absolute atomic E-state index is 0. The van der Waals surface area contributed by atoms with Crippen molar-refractivity contribution >= 4 is 42.1 Å². The molecule has 7 heteroatoms. The number of hydrogen-bond acceptors (Lipinski definition) is 4. The molecule has 1 aliphatic carbocycles. The maximum atomic E-state index is 12.7. The van der Waals surface area contributed by atoms with Crippen molar-refractivity contribution in [2.45, 2.75) is 56.9 Å². The van der Waals surface area contributed by atoms with Gasteiger partial charge in [0.25, 0.3) is 0 Å². The lowest BCUT2D eigenvalue weighted by molar-refractivity contribution is -0.138. The summed E-state index contributed by atoms with van der Waals surface area (Å²) < 4.78 is 0. The van der Waals surface area contributed by atoms with Crippen LogP contribution in [0.4, 0.5) is 0 Å². The zero-order chi connectivity index (χ0) is 14.2. The summed E-state index contributed by atoms with van der Waals surface area (Å²) in [6.07, 6.45) is 6.07. The first-order chi connectivity index (χ1) is 9.58. The molecule has 1 saturated carbocycles. The second-order valence-corrected chi connectivity index (χ2v) is 7.17. The van der Waals surface area contributed by atoms with Gasteiger partial charge in [-0.15, -0.1) is 36.2 Å². The first-order valence-corrected chi connectivity index (χ1v) is 8.47. The normalized spacial score (nSPS) is 23.5. The Hall–Kier alpha value is -0.360. The zero-order valence-electron chi connectivity index (χ0n) is 12.9. The first-order valence-electron chi connectivity index (χ1n) is 7.59. The van der Waals surface area contributed by atoms with Crippen molar-refractivity contribution in [2.75, 3.05) is 13.1 Å². The molecule has 0 aromatic carbocycles. The van der Waals surface area contributed by atoms with Crippen LogP contribution in [0.15, 0.2) is 5.38 Å². The third-order valence-electron chi connectivity index (χ3n) is 4.62. The topological polar surface area (TPSA) is 59.2 Å². The number of amides is 1. The van der Waals surface area contributed by atoms with E-state index in [9.17, 15) is 4.79 Å². The molecule has 1 atom stereocenters. The number of likely N-dealkylation sites (tertiary alicyclic amines) is 1. The predicted molar refractivity (Wildman–Crippen MR) is 95.3 cm³/mol. The highest BCUT2D eigenvalue weighted by Gasteiger charge is 2.41. The fourth-order valence-corrected chi connectivity index (χ4v) is 4.38. The smallest absolute Gasteiger partial charge is 0.242 e. The van der Waals surface area contributed by atoms with Gasteiger partial charge in [-0.2, -0.15) is 0 Å². The third-order valence-corrected chi connectivity index (χ3v) is 5.74. The molecule has 1 aliphatic heterocycles. The van der Waals surface area contributed by atoms with Gasteiger partial charge in [-0.1, -0.05) is 12.8 Å². The monoisotopic (exact) mass is 365 g/mol.